The molecule has 1 N–H and O–H groups in total. The van der Waals surface area contributed by atoms with Gasteiger partial charge in [0.15, 0.2) is 0 Å². The predicted molar refractivity (Wildman–Crippen MR) is 114 cm³/mol. The third-order valence-corrected chi connectivity index (χ3v) is 8.25. The fourth-order valence-corrected chi connectivity index (χ4v) is 6.31. The highest BCUT2D eigenvalue weighted by atomic mass is 35.5. The first-order valence-corrected chi connectivity index (χ1v) is 11.8. The van der Waals surface area contributed by atoms with E-state index in [0.717, 1.165) is 19.3 Å². The van der Waals surface area contributed by atoms with Crippen LogP contribution in [0.25, 0.3) is 0 Å². The van der Waals surface area contributed by atoms with Crippen molar-refractivity contribution in [1.29, 1.82) is 0 Å². The number of fused-ring (bicyclic) bond motifs is 1. The lowest BCUT2D eigenvalue weighted by atomic mass is 9.77. The molecule has 1 saturated heterocycles. The lowest BCUT2D eigenvalue weighted by Crippen LogP contribution is -2.39. The first-order chi connectivity index (χ1) is 13.9. The van der Waals surface area contributed by atoms with E-state index < -0.39 is 10.0 Å². The van der Waals surface area contributed by atoms with Crippen molar-refractivity contribution >= 4 is 27.5 Å². The van der Waals surface area contributed by atoms with Crippen molar-refractivity contribution in [2.24, 2.45) is 5.92 Å². The average molecular weight is 433 g/mol. The summed E-state index contributed by atoms with van der Waals surface area (Å²) in [7, 11) is -3.73. The van der Waals surface area contributed by atoms with E-state index in [9.17, 15) is 13.2 Å². The third kappa shape index (κ3) is 4.06. The number of halogens is 1. The number of hydrogen-bond donors (Lipinski definition) is 1. The maximum atomic E-state index is 13.1. The van der Waals surface area contributed by atoms with Gasteiger partial charge >= 0.3 is 0 Å². The van der Waals surface area contributed by atoms with Crippen LogP contribution in [0.15, 0.2) is 47.4 Å². The Kier molecular flexibility index (Phi) is 5.69. The van der Waals surface area contributed by atoms with Gasteiger partial charge in [0.2, 0.25) is 10.0 Å². The second kappa shape index (κ2) is 8.09. The molecule has 2 atom stereocenters. The molecule has 1 aliphatic carbocycles. The molecule has 0 unspecified atom stereocenters. The van der Waals surface area contributed by atoms with Crippen molar-refractivity contribution < 1.29 is 13.2 Å². The van der Waals surface area contributed by atoms with Crippen LogP contribution in [0.2, 0.25) is 5.02 Å². The fraction of sp³-hybridized carbons (Fsp3) is 0.409. The van der Waals surface area contributed by atoms with E-state index in [1.807, 2.05) is 19.1 Å². The molecule has 29 heavy (non-hydrogen) atoms. The molecule has 154 valence electrons. The minimum atomic E-state index is -3.73. The number of carbonyl (C=O) groups is 1. The Labute approximate surface area is 177 Å². The van der Waals surface area contributed by atoms with Crippen LogP contribution >= 0.6 is 11.6 Å². The van der Waals surface area contributed by atoms with Crippen LogP contribution in [-0.4, -0.2) is 38.3 Å². The zero-order valence-electron chi connectivity index (χ0n) is 16.4. The molecule has 0 spiro atoms. The van der Waals surface area contributed by atoms with Gasteiger partial charge in [-0.3, -0.25) is 4.79 Å². The van der Waals surface area contributed by atoms with Gasteiger partial charge < -0.3 is 5.32 Å². The fourth-order valence-electron chi connectivity index (χ4n) is 4.21. The Morgan fingerprint density at radius 1 is 1.24 bits per heavy atom. The normalized spacial score (nSPS) is 21.9. The van der Waals surface area contributed by atoms with E-state index in [0.29, 0.717) is 37.0 Å². The topological polar surface area (TPSA) is 66.5 Å². The molecule has 1 aliphatic heterocycles. The number of sulfonamides is 1. The minimum Gasteiger partial charge on any atom is -0.351 e. The number of nitrogens with one attached hydrogen (secondary N) is 1. The smallest absolute Gasteiger partial charge is 0.251 e. The Balaban J connectivity index is 1.48. The molecule has 7 heteroatoms. The summed E-state index contributed by atoms with van der Waals surface area (Å²) in [6.45, 7) is 3.55. The molecule has 0 radical (unpaired) electrons. The lowest BCUT2D eigenvalue weighted by Gasteiger charge is -2.30. The maximum Gasteiger partial charge on any atom is 0.251 e. The van der Waals surface area contributed by atoms with Crippen LogP contribution in [-0.2, 0) is 16.4 Å². The number of carbonyl (C=O) groups excluding carboxylic acids is 1. The summed E-state index contributed by atoms with van der Waals surface area (Å²) in [5.74, 6) is 0.337. The van der Waals surface area contributed by atoms with Crippen LogP contribution in [0.5, 0.6) is 0 Å². The number of benzene rings is 2. The van der Waals surface area contributed by atoms with Crippen molar-refractivity contribution in [3.05, 3.63) is 64.2 Å². The minimum absolute atomic E-state index is 0.00917. The Bertz CT molecular complexity index is 1040. The molecule has 2 aromatic carbocycles. The average Bonchev–Trinajstić information content (AvgIpc) is 2.68. The van der Waals surface area contributed by atoms with E-state index in [1.165, 1.54) is 27.6 Å². The Hall–Kier alpha value is -1.89. The van der Waals surface area contributed by atoms with E-state index in [1.54, 1.807) is 6.07 Å². The number of nitrogens with zero attached hydrogens (tertiary/aromatic N) is 1. The van der Waals surface area contributed by atoms with Crippen LogP contribution in [0.3, 0.4) is 0 Å². The standard InChI is InChI=1S/C22H25ClN2O3S/c1-15-5-4-10-25(14-15)29(27,28)21-12-17(8-9-20(21)23)22(26)24-13-18-11-16-6-2-3-7-19(16)18/h2-3,6-9,12,15,18H,4-5,10-11,13-14H2,1H3,(H,24,26)/t15-,18-/m0/s1. The van der Waals surface area contributed by atoms with Gasteiger partial charge in [-0.05, 0) is 54.5 Å². The zero-order valence-corrected chi connectivity index (χ0v) is 18.0. The highest BCUT2D eigenvalue weighted by Crippen LogP contribution is 2.34. The first kappa shape index (κ1) is 20.4. The Morgan fingerprint density at radius 2 is 2.03 bits per heavy atom. The number of amides is 1. The lowest BCUT2D eigenvalue weighted by molar-refractivity contribution is 0.0950. The summed E-state index contributed by atoms with van der Waals surface area (Å²) in [5, 5.41) is 3.08. The summed E-state index contributed by atoms with van der Waals surface area (Å²) in [4.78, 5) is 12.7. The number of hydrogen-bond acceptors (Lipinski definition) is 3. The number of piperidine rings is 1. The molecule has 1 amide bonds. The molecule has 2 aromatic rings. The van der Waals surface area contributed by atoms with Crippen LogP contribution < -0.4 is 5.32 Å². The maximum absolute atomic E-state index is 13.1. The first-order valence-electron chi connectivity index (χ1n) is 10.0. The van der Waals surface area contributed by atoms with Crippen LogP contribution in [0, 0.1) is 5.92 Å². The van der Waals surface area contributed by atoms with Gasteiger partial charge in [-0.2, -0.15) is 4.31 Å². The van der Waals surface area contributed by atoms with E-state index >= 15 is 0 Å². The van der Waals surface area contributed by atoms with Gasteiger partial charge in [-0.15, -0.1) is 0 Å². The second-order valence-corrected chi connectivity index (χ2v) is 10.4. The molecule has 4 rings (SSSR count). The van der Waals surface area contributed by atoms with Gasteiger partial charge in [0, 0.05) is 31.1 Å². The quantitative estimate of drug-likeness (QED) is 0.780. The SMILES string of the molecule is C[C@H]1CCCN(S(=O)(=O)c2cc(C(=O)NC[C@@H]3Cc4ccccc43)ccc2Cl)C1. The molecular formula is C22H25ClN2O3S. The molecule has 0 saturated carbocycles. The van der Waals surface area contributed by atoms with Gasteiger partial charge in [-0.25, -0.2) is 8.42 Å². The molecule has 1 fully saturated rings. The van der Waals surface area contributed by atoms with Gasteiger partial charge in [0.25, 0.3) is 5.91 Å². The Morgan fingerprint density at radius 3 is 2.79 bits per heavy atom. The van der Waals surface area contributed by atoms with Gasteiger partial charge in [-0.1, -0.05) is 42.8 Å². The highest BCUT2D eigenvalue weighted by molar-refractivity contribution is 7.89. The third-order valence-electron chi connectivity index (χ3n) is 5.90. The molecule has 0 bridgehead atoms. The monoisotopic (exact) mass is 432 g/mol. The second-order valence-electron chi connectivity index (χ2n) is 8.07. The molecular weight excluding hydrogens is 408 g/mol. The molecule has 0 aromatic heterocycles. The van der Waals surface area contributed by atoms with E-state index in [-0.39, 0.29) is 15.8 Å². The zero-order chi connectivity index (χ0) is 20.6. The summed E-state index contributed by atoms with van der Waals surface area (Å²) in [6, 6.07) is 12.7. The molecule has 2 aliphatic rings. The highest BCUT2D eigenvalue weighted by Gasteiger charge is 2.31. The largest absolute Gasteiger partial charge is 0.351 e. The summed E-state index contributed by atoms with van der Waals surface area (Å²) in [5.41, 5.74) is 2.90. The van der Waals surface area contributed by atoms with Crippen molar-refractivity contribution in [2.45, 2.75) is 37.0 Å². The van der Waals surface area contributed by atoms with Crippen molar-refractivity contribution in [3.8, 4) is 0 Å². The van der Waals surface area contributed by atoms with Crippen molar-refractivity contribution in [1.82, 2.24) is 9.62 Å². The van der Waals surface area contributed by atoms with Crippen molar-refractivity contribution in [2.75, 3.05) is 19.6 Å². The molecule has 1 heterocycles. The molecule has 5 nitrogen and oxygen atoms in total. The van der Waals surface area contributed by atoms with Gasteiger partial charge in [0.1, 0.15) is 4.90 Å². The van der Waals surface area contributed by atoms with Gasteiger partial charge in [0.05, 0.1) is 5.02 Å². The van der Waals surface area contributed by atoms with Crippen LogP contribution in [0.4, 0.5) is 0 Å². The summed E-state index contributed by atoms with van der Waals surface area (Å²) in [6.07, 6.45) is 2.80. The predicted octanol–water partition coefficient (Wildman–Crippen LogP) is 3.83. The van der Waals surface area contributed by atoms with E-state index in [4.69, 9.17) is 11.6 Å². The van der Waals surface area contributed by atoms with E-state index in [2.05, 4.69) is 17.4 Å². The number of rotatable bonds is 5. The summed E-state index contributed by atoms with van der Waals surface area (Å²) >= 11 is 6.22. The van der Waals surface area contributed by atoms with Crippen molar-refractivity contribution in [3.63, 3.8) is 0 Å². The summed E-state index contributed by atoms with van der Waals surface area (Å²) < 4.78 is 27.7. The van der Waals surface area contributed by atoms with Crippen LogP contribution in [0.1, 0.15) is 47.2 Å².